The highest BCUT2D eigenvalue weighted by atomic mass is 32.1. The first-order valence-electron chi connectivity index (χ1n) is 19.2. The Kier molecular flexibility index (Phi) is 20.9. The topological polar surface area (TPSA) is 160 Å². The molecule has 0 bridgehead atoms. The molecule has 5 amide bonds. The van der Waals surface area contributed by atoms with Crippen LogP contribution in [0.5, 0.6) is 0 Å². The molecule has 2 aliphatic heterocycles. The van der Waals surface area contributed by atoms with Gasteiger partial charge in [0.2, 0.25) is 23.6 Å². The number of hydrogen-bond donors (Lipinski definition) is 2. The summed E-state index contributed by atoms with van der Waals surface area (Å²) in [6.07, 6.45) is 3.45. The van der Waals surface area contributed by atoms with Gasteiger partial charge in [-0.05, 0) is 25.7 Å². The van der Waals surface area contributed by atoms with E-state index in [4.69, 9.17) is 14.2 Å². The number of ether oxygens (including phenoxy) is 3. The van der Waals surface area contributed by atoms with Crippen molar-refractivity contribution in [3.63, 3.8) is 0 Å². The maximum atomic E-state index is 13.8. The molecule has 0 aliphatic carbocycles. The normalized spacial score (nSPS) is 19.0. The zero-order valence-corrected chi connectivity index (χ0v) is 35.2. The molecule has 0 radical (unpaired) electrons. The van der Waals surface area contributed by atoms with Gasteiger partial charge in [0.1, 0.15) is 17.7 Å². The van der Waals surface area contributed by atoms with E-state index in [9.17, 15) is 24.0 Å². The van der Waals surface area contributed by atoms with Crippen LogP contribution in [0.2, 0.25) is 0 Å². The fourth-order valence-corrected chi connectivity index (χ4v) is 7.23. The first-order chi connectivity index (χ1) is 26.2. The summed E-state index contributed by atoms with van der Waals surface area (Å²) in [5.74, 6) is -1.68. The largest absolute Gasteiger partial charge is 0.447 e. The Balaban J connectivity index is 0.000000912. The number of methoxy groups -OCH3 is 2. The summed E-state index contributed by atoms with van der Waals surface area (Å²) in [6, 6.07) is 8.71. The van der Waals surface area contributed by atoms with Crippen molar-refractivity contribution < 1.29 is 38.2 Å². The highest BCUT2D eigenvalue weighted by Crippen LogP contribution is 2.29. The van der Waals surface area contributed by atoms with E-state index in [-0.39, 0.29) is 49.3 Å². The molecular weight excluding hydrogens is 725 g/mol. The molecule has 1 aromatic carbocycles. The minimum Gasteiger partial charge on any atom is -0.447 e. The van der Waals surface area contributed by atoms with Gasteiger partial charge >= 0.3 is 6.09 Å². The average Bonchev–Trinajstić information content (AvgIpc) is 3.96. The van der Waals surface area contributed by atoms with Gasteiger partial charge in [-0.2, -0.15) is 0 Å². The number of carbonyl (C=O) groups is 5. The van der Waals surface area contributed by atoms with Crippen LogP contribution < -0.4 is 10.6 Å². The number of thiazole rings is 1. The van der Waals surface area contributed by atoms with Crippen LogP contribution in [0, 0.1) is 18.8 Å². The summed E-state index contributed by atoms with van der Waals surface area (Å²) >= 11 is 1.46. The summed E-state index contributed by atoms with van der Waals surface area (Å²) in [6.45, 7) is 12.6. The molecule has 308 valence electrons. The van der Waals surface area contributed by atoms with E-state index >= 15 is 0 Å². The molecule has 2 saturated heterocycles. The molecule has 2 aliphatic rings. The molecule has 55 heavy (non-hydrogen) atoms. The lowest BCUT2D eigenvalue weighted by atomic mass is 9.90. The SMILES string of the molecule is CCC.CCC(C)C(C(CC(=O)N1CCCC1C(OC)C(C)C(=O)NCc1nccs1)OC)N(C)C(=O)CNC(=O)C1COC(=O)N1C.Cc1ccccc1. The van der Waals surface area contributed by atoms with Crippen LogP contribution in [0.25, 0.3) is 0 Å². The number of benzene rings is 1. The lowest BCUT2D eigenvalue weighted by Crippen LogP contribution is -2.55. The summed E-state index contributed by atoms with van der Waals surface area (Å²) < 4.78 is 16.6. The van der Waals surface area contributed by atoms with E-state index in [0.29, 0.717) is 19.5 Å². The number of likely N-dealkylation sites (N-methyl/N-ethyl adjacent to an activating group) is 2. The Morgan fingerprint density at radius 1 is 1.07 bits per heavy atom. The van der Waals surface area contributed by atoms with Crippen molar-refractivity contribution in [3.05, 3.63) is 52.5 Å². The molecule has 7 atom stereocenters. The third-order valence-corrected chi connectivity index (χ3v) is 10.8. The zero-order chi connectivity index (χ0) is 41.1. The molecule has 7 unspecified atom stereocenters. The summed E-state index contributed by atoms with van der Waals surface area (Å²) in [7, 11) is 6.19. The molecule has 15 heteroatoms. The fourth-order valence-electron chi connectivity index (χ4n) is 6.67. The predicted molar refractivity (Wildman–Crippen MR) is 213 cm³/mol. The van der Waals surface area contributed by atoms with E-state index in [0.717, 1.165) is 17.8 Å². The van der Waals surface area contributed by atoms with Gasteiger partial charge in [-0.25, -0.2) is 9.78 Å². The molecule has 0 spiro atoms. The van der Waals surface area contributed by atoms with Crippen LogP contribution in [0.4, 0.5) is 4.79 Å². The quantitative estimate of drug-likeness (QED) is 0.247. The molecular formula is C40H64N6O8S. The first-order valence-corrected chi connectivity index (χ1v) is 20.1. The third kappa shape index (κ3) is 14.2. The van der Waals surface area contributed by atoms with Gasteiger partial charge in [-0.15, -0.1) is 11.3 Å². The first kappa shape index (κ1) is 47.1. The second-order valence-corrected chi connectivity index (χ2v) is 15.1. The van der Waals surface area contributed by atoms with Gasteiger partial charge in [-0.1, -0.05) is 83.4 Å². The highest BCUT2D eigenvalue weighted by molar-refractivity contribution is 7.09. The summed E-state index contributed by atoms with van der Waals surface area (Å²) in [5.41, 5.74) is 1.32. The molecule has 1 aromatic heterocycles. The number of likely N-dealkylation sites (tertiary alicyclic amines) is 1. The van der Waals surface area contributed by atoms with Crippen molar-refractivity contribution >= 4 is 41.1 Å². The number of carbonyl (C=O) groups excluding carboxylic acids is 5. The van der Waals surface area contributed by atoms with Crippen molar-refractivity contribution in [2.45, 2.75) is 111 Å². The Bertz CT molecular complexity index is 1460. The Labute approximate surface area is 331 Å². The van der Waals surface area contributed by atoms with Gasteiger partial charge in [0.25, 0.3) is 0 Å². The van der Waals surface area contributed by atoms with Crippen LogP contribution in [0.1, 0.15) is 77.3 Å². The molecule has 2 aromatic rings. The van der Waals surface area contributed by atoms with Crippen molar-refractivity contribution in [2.24, 2.45) is 11.8 Å². The van der Waals surface area contributed by atoms with E-state index < -0.39 is 42.2 Å². The molecule has 3 heterocycles. The second-order valence-electron chi connectivity index (χ2n) is 14.1. The molecule has 4 rings (SSSR count). The fraction of sp³-hybridized carbons (Fsp3) is 0.650. The molecule has 14 nitrogen and oxygen atoms in total. The van der Waals surface area contributed by atoms with E-state index in [2.05, 4.69) is 48.5 Å². The average molecular weight is 789 g/mol. The summed E-state index contributed by atoms with van der Waals surface area (Å²) in [5, 5.41) is 8.18. The van der Waals surface area contributed by atoms with Crippen LogP contribution in [-0.2, 0) is 39.9 Å². The number of cyclic esters (lactones) is 1. The van der Waals surface area contributed by atoms with Gasteiger partial charge in [-0.3, -0.25) is 24.1 Å². The summed E-state index contributed by atoms with van der Waals surface area (Å²) in [4.78, 5) is 73.0. The maximum Gasteiger partial charge on any atom is 0.410 e. The van der Waals surface area contributed by atoms with Gasteiger partial charge in [0.05, 0.1) is 49.7 Å². The van der Waals surface area contributed by atoms with Gasteiger partial charge < -0.3 is 34.6 Å². The Morgan fingerprint density at radius 2 is 1.75 bits per heavy atom. The lowest BCUT2D eigenvalue weighted by Gasteiger charge is -2.39. The number of aryl methyl sites for hydroxylation is 1. The minimum absolute atomic E-state index is 0.0259. The Morgan fingerprint density at radius 3 is 2.25 bits per heavy atom. The zero-order valence-electron chi connectivity index (χ0n) is 34.4. The van der Waals surface area contributed by atoms with Crippen LogP contribution >= 0.6 is 11.3 Å². The number of nitrogens with zero attached hydrogens (tertiary/aromatic N) is 4. The van der Waals surface area contributed by atoms with Crippen molar-refractivity contribution in [2.75, 3.05) is 48.0 Å². The van der Waals surface area contributed by atoms with Gasteiger partial charge in [0, 0.05) is 46.4 Å². The molecule has 2 N–H and O–H groups in total. The van der Waals surface area contributed by atoms with E-state index in [1.807, 2.05) is 37.4 Å². The molecule has 2 fully saturated rings. The standard InChI is InChI=1S/C30H48N6O8S.C7H8.C3H8/c1-8-18(2)26(35(5)25(38)16-33-29(40)21-17-44-30(41)34(21)4)22(42-6)14-24(37)36-12-9-10-20(36)27(43-7)19(3)28(39)32-15-23-31-11-13-45-23;1-7-5-3-2-4-6-7;1-3-2/h11,13,18-22,26-27H,8-10,12,14-17H2,1-7H3,(H,32,39)(H,33,40);2-6H,1H3;3H2,1-2H3. The maximum absolute atomic E-state index is 13.8. The van der Waals surface area contributed by atoms with Crippen molar-refractivity contribution in [1.82, 2.24) is 30.3 Å². The minimum atomic E-state index is -0.804. The number of nitrogens with one attached hydrogen (secondary N) is 2. The second kappa shape index (κ2) is 24.4. The Hall–Kier alpha value is -4.08. The van der Waals surface area contributed by atoms with Crippen molar-refractivity contribution in [1.29, 1.82) is 0 Å². The molecule has 0 saturated carbocycles. The van der Waals surface area contributed by atoms with Crippen LogP contribution in [0.15, 0.2) is 41.9 Å². The van der Waals surface area contributed by atoms with Crippen molar-refractivity contribution in [3.8, 4) is 0 Å². The monoisotopic (exact) mass is 788 g/mol. The number of amides is 5. The van der Waals surface area contributed by atoms with E-state index in [1.165, 1.54) is 47.3 Å². The number of rotatable bonds is 16. The van der Waals surface area contributed by atoms with Crippen LogP contribution in [0.3, 0.4) is 0 Å². The predicted octanol–water partition coefficient (Wildman–Crippen LogP) is 4.66. The highest BCUT2D eigenvalue weighted by Gasteiger charge is 2.42. The lowest BCUT2D eigenvalue weighted by molar-refractivity contribution is -0.145. The number of hydrogen-bond acceptors (Lipinski definition) is 10. The van der Waals surface area contributed by atoms with E-state index in [1.54, 1.807) is 32.2 Å². The smallest absolute Gasteiger partial charge is 0.410 e. The number of aromatic nitrogens is 1. The third-order valence-electron chi connectivity index (χ3n) is 9.98. The van der Waals surface area contributed by atoms with Crippen LogP contribution in [-0.4, -0.2) is 128 Å². The van der Waals surface area contributed by atoms with Gasteiger partial charge in [0.15, 0.2) is 0 Å².